The molecule has 4 rings (SSSR count). The molecule has 11 nitrogen and oxygen atoms in total. The number of amides is 1. The van der Waals surface area contributed by atoms with Crippen LogP contribution in [-0.2, 0) is 25.4 Å². The number of H-pyrrole nitrogens is 1. The Kier molecular flexibility index (Phi) is 10.7. The van der Waals surface area contributed by atoms with E-state index in [0.29, 0.717) is 6.42 Å². The Balaban J connectivity index is 1.42. The molecule has 3 atom stereocenters. The maximum absolute atomic E-state index is 13.2. The van der Waals surface area contributed by atoms with Crippen LogP contribution in [0.5, 0.6) is 0 Å². The second-order valence-electron chi connectivity index (χ2n) is 10.9. The number of carbonyl (C=O) groups is 3. The number of aliphatic hydroxyl groups excluding tert-OH is 1. The summed E-state index contributed by atoms with van der Waals surface area (Å²) in [5.41, 5.74) is 1.70. The van der Waals surface area contributed by atoms with E-state index in [-0.39, 0.29) is 18.2 Å². The summed E-state index contributed by atoms with van der Waals surface area (Å²) < 4.78 is 15.9. The smallest absolute Gasteiger partial charge is 0.431 e. The highest BCUT2D eigenvalue weighted by Crippen LogP contribution is 2.28. The molecule has 3 N–H and O–H groups in total. The molecule has 224 valence electrons. The molecule has 0 bridgehead atoms. The maximum Gasteiger partial charge on any atom is 0.511 e. The van der Waals surface area contributed by atoms with Crippen LogP contribution in [0.1, 0.15) is 68.4 Å². The van der Waals surface area contributed by atoms with Crippen molar-refractivity contribution in [3.8, 4) is 11.1 Å². The second kappa shape index (κ2) is 14.6. The first-order valence-electron chi connectivity index (χ1n) is 14.3. The highest BCUT2D eigenvalue weighted by Gasteiger charge is 2.39. The molecule has 42 heavy (non-hydrogen) atoms. The van der Waals surface area contributed by atoms with Gasteiger partial charge in [-0.05, 0) is 62.1 Å². The zero-order chi connectivity index (χ0) is 30.0. The number of aromatic amines is 1. The van der Waals surface area contributed by atoms with Crippen LogP contribution in [0.3, 0.4) is 0 Å². The van der Waals surface area contributed by atoms with E-state index in [4.69, 9.17) is 14.2 Å². The van der Waals surface area contributed by atoms with Crippen molar-refractivity contribution < 1.29 is 33.7 Å². The van der Waals surface area contributed by atoms with Crippen LogP contribution in [0.25, 0.3) is 11.1 Å². The van der Waals surface area contributed by atoms with Gasteiger partial charge in [-0.2, -0.15) is 15.4 Å². The highest BCUT2D eigenvalue weighted by atomic mass is 16.8. The first-order chi connectivity index (χ1) is 20.3. The topological polar surface area (TPSA) is 153 Å². The molecule has 0 radical (unpaired) electrons. The predicted octanol–water partition coefficient (Wildman–Crippen LogP) is 4.58. The van der Waals surface area contributed by atoms with Crippen LogP contribution in [0, 0.1) is 5.41 Å². The lowest BCUT2D eigenvalue weighted by molar-refractivity contribution is -0.183. The summed E-state index contributed by atoms with van der Waals surface area (Å²) >= 11 is 0. The molecule has 0 aliphatic heterocycles. The number of hydrogen-bond acceptors (Lipinski definition) is 9. The maximum atomic E-state index is 13.2. The third-order valence-corrected chi connectivity index (χ3v) is 7.42. The van der Waals surface area contributed by atoms with Gasteiger partial charge < -0.3 is 24.6 Å². The largest absolute Gasteiger partial charge is 0.511 e. The first-order valence-corrected chi connectivity index (χ1v) is 14.3. The zero-order valence-electron chi connectivity index (χ0n) is 24.0. The fourth-order valence-electron chi connectivity index (χ4n) is 5.05. The molecule has 1 fully saturated rings. The number of nitrogens with one attached hydrogen (secondary N) is 2. The summed E-state index contributed by atoms with van der Waals surface area (Å²) in [7, 11) is 0. The van der Waals surface area contributed by atoms with Crippen molar-refractivity contribution in [3.05, 3.63) is 72.1 Å². The van der Waals surface area contributed by atoms with Crippen LogP contribution in [0.2, 0.25) is 0 Å². The number of esters is 1. The molecule has 1 heterocycles. The lowest BCUT2D eigenvalue weighted by atomic mass is 9.82. The van der Waals surface area contributed by atoms with Gasteiger partial charge in [-0.3, -0.25) is 9.59 Å². The van der Waals surface area contributed by atoms with Crippen LogP contribution in [0.4, 0.5) is 4.79 Å². The standard InChI is InChI=1S/C31H38N4O7/c1-21(41-30(39)42-26-11-7-4-8-12-26)40-29(38)31(2,20-36)18-25(33-28(37)27-19-32-35-34-27)17-22-13-15-24(16-14-22)23-9-5-3-6-10-23/h3,5-6,9-10,13-16,19,21,25-26,36H,4,7-8,11-12,17-18,20H2,1-2H3,(H,33,37)(H,32,34,35)/t21-,25+,31-/m0/s1. The molecule has 1 amide bonds. The molecule has 3 aromatic rings. The van der Waals surface area contributed by atoms with Gasteiger partial charge in [-0.1, -0.05) is 61.0 Å². The molecule has 1 aliphatic rings. The summed E-state index contributed by atoms with van der Waals surface area (Å²) in [6.07, 6.45) is 4.02. The zero-order valence-corrected chi connectivity index (χ0v) is 24.0. The van der Waals surface area contributed by atoms with Crippen molar-refractivity contribution in [1.29, 1.82) is 0 Å². The molecule has 1 aromatic heterocycles. The minimum Gasteiger partial charge on any atom is -0.431 e. The summed E-state index contributed by atoms with van der Waals surface area (Å²) in [4.78, 5) is 38.3. The Morgan fingerprint density at radius 3 is 2.36 bits per heavy atom. The van der Waals surface area contributed by atoms with E-state index in [2.05, 4.69) is 20.7 Å². The van der Waals surface area contributed by atoms with E-state index in [0.717, 1.165) is 48.8 Å². The number of aromatic nitrogens is 3. The van der Waals surface area contributed by atoms with Crippen molar-refractivity contribution in [1.82, 2.24) is 20.7 Å². The van der Waals surface area contributed by atoms with Crippen LogP contribution >= 0.6 is 0 Å². The van der Waals surface area contributed by atoms with Gasteiger partial charge in [-0.15, -0.1) is 0 Å². The van der Waals surface area contributed by atoms with E-state index < -0.39 is 42.4 Å². The van der Waals surface area contributed by atoms with Gasteiger partial charge >= 0.3 is 12.1 Å². The van der Waals surface area contributed by atoms with Gasteiger partial charge in [0.25, 0.3) is 5.91 Å². The molecule has 0 unspecified atom stereocenters. The van der Waals surface area contributed by atoms with Gasteiger partial charge in [0.1, 0.15) is 6.10 Å². The number of ether oxygens (including phenoxy) is 3. The third kappa shape index (κ3) is 8.62. The number of aliphatic hydroxyl groups is 1. The molecule has 0 spiro atoms. The Labute approximate surface area is 244 Å². The summed E-state index contributed by atoms with van der Waals surface area (Å²) in [6, 6.07) is 17.3. The van der Waals surface area contributed by atoms with Crippen molar-refractivity contribution >= 4 is 18.0 Å². The number of benzene rings is 2. The van der Waals surface area contributed by atoms with Gasteiger partial charge in [0.2, 0.25) is 6.29 Å². The van der Waals surface area contributed by atoms with E-state index in [1.165, 1.54) is 20.0 Å². The predicted molar refractivity (Wildman–Crippen MR) is 153 cm³/mol. The van der Waals surface area contributed by atoms with Crippen molar-refractivity contribution in [3.63, 3.8) is 0 Å². The Bertz CT molecular complexity index is 1290. The van der Waals surface area contributed by atoms with Crippen LogP contribution < -0.4 is 5.32 Å². The number of rotatable bonds is 12. The molecule has 11 heteroatoms. The minimum absolute atomic E-state index is 0.0333. The molecule has 2 aromatic carbocycles. The molecule has 1 aliphatic carbocycles. The minimum atomic E-state index is -1.42. The molecule has 1 saturated carbocycles. The third-order valence-electron chi connectivity index (χ3n) is 7.42. The second-order valence-corrected chi connectivity index (χ2v) is 10.9. The normalized spacial score (nSPS) is 16.5. The van der Waals surface area contributed by atoms with Crippen molar-refractivity contribution in [2.75, 3.05) is 6.61 Å². The summed E-state index contributed by atoms with van der Waals surface area (Å²) in [5.74, 6) is -1.26. The average Bonchev–Trinajstić information content (AvgIpc) is 3.54. The summed E-state index contributed by atoms with van der Waals surface area (Å²) in [6.45, 7) is 2.39. The van der Waals surface area contributed by atoms with Gasteiger partial charge in [-0.25, -0.2) is 4.79 Å². The number of carbonyl (C=O) groups excluding carboxylic acids is 3. The Morgan fingerprint density at radius 1 is 1.02 bits per heavy atom. The lowest BCUT2D eigenvalue weighted by Crippen LogP contribution is -2.45. The quantitative estimate of drug-likeness (QED) is 0.207. The van der Waals surface area contributed by atoms with E-state index >= 15 is 0 Å². The van der Waals surface area contributed by atoms with Crippen LogP contribution in [-0.4, -0.2) is 63.6 Å². The van der Waals surface area contributed by atoms with Crippen molar-refractivity contribution in [2.24, 2.45) is 5.41 Å². The molecule has 0 saturated heterocycles. The SMILES string of the molecule is C[C@H](OC(=O)OC1CCCCC1)OC(=O)[C@](C)(CO)C[C@@H](Cc1ccc(-c2ccccc2)cc1)NC(=O)c1cn[nH]n1. The first kappa shape index (κ1) is 30.7. The van der Waals surface area contributed by atoms with E-state index in [1.807, 2.05) is 54.6 Å². The number of nitrogens with zero attached hydrogens (tertiary/aromatic N) is 2. The van der Waals surface area contributed by atoms with Gasteiger partial charge in [0.05, 0.1) is 18.2 Å². The van der Waals surface area contributed by atoms with E-state index in [9.17, 15) is 19.5 Å². The highest BCUT2D eigenvalue weighted by molar-refractivity contribution is 5.92. The van der Waals surface area contributed by atoms with Gasteiger partial charge in [0, 0.05) is 13.0 Å². The van der Waals surface area contributed by atoms with E-state index in [1.54, 1.807) is 0 Å². The Morgan fingerprint density at radius 2 is 1.71 bits per heavy atom. The average molecular weight is 579 g/mol. The van der Waals surface area contributed by atoms with Crippen LogP contribution in [0.15, 0.2) is 60.8 Å². The fraction of sp³-hybridized carbons (Fsp3) is 0.452. The Hall–Kier alpha value is -4.25. The van der Waals surface area contributed by atoms with Gasteiger partial charge in [0.15, 0.2) is 5.69 Å². The lowest BCUT2D eigenvalue weighted by Gasteiger charge is -2.31. The summed E-state index contributed by atoms with van der Waals surface area (Å²) in [5, 5.41) is 23.1. The fourth-order valence-corrected chi connectivity index (χ4v) is 5.05. The monoisotopic (exact) mass is 578 g/mol. The number of hydrogen-bond donors (Lipinski definition) is 3. The van der Waals surface area contributed by atoms with Crippen molar-refractivity contribution in [2.45, 2.75) is 77.2 Å². The molecular formula is C31H38N4O7. The molecular weight excluding hydrogens is 540 g/mol.